The van der Waals surface area contributed by atoms with Crippen LogP contribution in [0.3, 0.4) is 0 Å². The molecule has 1 aromatic carbocycles. The number of alkyl halides is 1. The van der Waals surface area contributed by atoms with Gasteiger partial charge < -0.3 is 0 Å². The number of hydrogen-bond acceptors (Lipinski definition) is 1. The van der Waals surface area contributed by atoms with Crippen molar-refractivity contribution in [2.75, 3.05) is 0 Å². The third-order valence-corrected chi connectivity index (χ3v) is 4.71. The van der Waals surface area contributed by atoms with E-state index in [1.54, 1.807) is 23.5 Å². The summed E-state index contributed by atoms with van der Waals surface area (Å²) in [5.74, 6) is -0.167. The van der Waals surface area contributed by atoms with Crippen LogP contribution in [0, 0.1) is 12.7 Å². The van der Waals surface area contributed by atoms with Crippen LogP contribution < -0.4 is 0 Å². The van der Waals surface area contributed by atoms with E-state index in [0.29, 0.717) is 0 Å². The molecule has 0 saturated heterocycles. The molecule has 0 aliphatic heterocycles. The molecule has 0 bridgehead atoms. The summed E-state index contributed by atoms with van der Waals surface area (Å²) in [5, 5.41) is 2.09. The molecule has 84 valence electrons. The molecule has 0 aliphatic rings. The molecule has 2 rings (SSSR count). The van der Waals surface area contributed by atoms with Crippen molar-refractivity contribution in [1.82, 2.24) is 0 Å². The van der Waals surface area contributed by atoms with Crippen LogP contribution >= 0.6 is 27.3 Å². The number of thiophene rings is 1. The number of halogens is 2. The molecule has 1 heterocycles. The molecule has 1 aromatic heterocycles. The first-order valence-electron chi connectivity index (χ1n) is 5.09. The first kappa shape index (κ1) is 11.8. The second-order valence-electron chi connectivity index (χ2n) is 3.77. The lowest BCUT2D eigenvalue weighted by Gasteiger charge is -2.09. The second kappa shape index (κ2) is 5.11. The van der Waals surface area contributed by atoms with Crippen molar-refractivity contribution >= 4 is 27.3 Å². The van der Waals surface area contributed by atoms with Gasteiger partial charge in [-0.15, -0.1) is 11.3 Å². The molecule has 0 amide bonds. The highest BCUT2D eigenvalue weighted by Gasteiger charge is 2.12. The predicted octanol–water partition coefficient (Wildman–Crippen LogP) is 4.87. The summed E-state index contributed by atoms with van der Waals surface area (Å²) in [4.78, 5) is 1.60. The molecule has 2 aromatic rings. The lowest BCUT2D eigenvalue weighted by atomic mass is 10.1. The lowest BCUT2D eigenvalue weighted by Crippen LogP contribution is -1.95. The van der Waals surface area contributed by atoms with Gasteiger partial charge in [0, 0.05) is 4.88 Å². The van der Waals surface area contributed by atoms with Crippen LogP contribution in [0.25, 0.3) is 0 Å². The monoisotopic (exact) mass is 298 g/mol. The maximum absolute atomic E-state index is 13.0. The Bertz CT molecular complexity index is 478. The van der Waals surface area contributed by atoms with Gasteiger partial charge in [-0.2, -0.15) is 0 Å². The molecule has 0 saturated carbocycles. The molecule has 16 heavy (non-hydrogen) atoms. The SMILES string of the molecule is Cc1ccsc1C(Br)Cc1cccc(F)c1. The molecule has 3 heteroatoms. The highest BCUT2D eigenvalue weighted by atomic mass is 79.9. The van der Waals surface area contributed by atoms with E-state index in [2.05, 4.69) is 34.3 Å². The molecule has 0 spiro atoms. The Labute approximate surface area is 107 Å². The fourth-order valence-corrected chi connectivity index (χ4v) is 3.63. The quantitative estimate of drug-likeness (QED) is 0.709. The molecule has 0 aliphatic carbocycles. The highest BCUT2D eigenvalue weighted by Crippen LogP contribution is 2.33. The second-order valence-corrected chi connectivity index (χ2v) is 5.82. The Kier molecular flexibility index (Phi) is 3.77. The van der Waals surface area contributed by atoms with E-state index < -0.39 is 0 Å². The Hall–Kier alpha value is -0.670. The first-order valence-corrected chi connectivity index (χ1v) is 6.89. The van der Waals surface area contributed by atoms with E-state index in [-0.39, 0.29) is 10.6 Å². The molecular weight excluding hydrogens is 287 g/mol. The first-order chi connectivity index (χ1) is 7.66. The van der Waals surface area contributed by atoms with Crippen LogP contribution in [0.2, 0.25) is 0 Å². The summed E-state index contributed by atoms with van der Waals surface area (Å²) in [6, 6.07) is 8.89. The Morgan fingerprint density at radius 3 is 2.81 bits per heavy atom. The van der Waals surface area contributed by atoms with Crippen molar-refractivity contribution in [2.24, 2.45) is 0 Å². The Balaban J connectivity index is 2.14. The van der Waals surface area contributed by atoms with E-state index in [1.165, 1.54) is 16.5 Å². The van der Waals surface area contributed by atoms with E-state index in [9.17, 15) is 4.39 Å². The van der Waals surface area contributed by atoms with Crippen LogP contribution in [-0.2, 0) is 6.42 Å². The maximum atomic E-state index is 13.0. The normalized spacial score (nSPS) is 12.7. The highest BCUT2D eigenvalue weighted by molar-refractivity contribution is 9.09. The van der Waals surface area contributed by atoms with Crippen LogP contribution in [0.5, 0.6) is 0 Å². The van der Waals surface area contributed by atoms with Gasteiger partial charge in [0.1, 0.15) is 5.82 Å². The Morgan fingerprint density at radius 1 is 1.38 bits per heavy atom. The van der Waals surface area contributed by atoms with Gasteiger partial charge in [-0.1, -0.05) is 28.1 Å². The van der Waals surface area contributed by atoms with E-state index in [0.717, 1.165) is 12.0 Å². The number of hydrogen-bond donors (Lipinski definition) is 0. The van der Waals surface area contributed by atoms with Crippen LogP contribution in [0.15, 0.2) is 35.7 Å². The van der Waals surface area contributed by atoms with Crippen molar-refractivity contribution < 1.29 is 4.39 Å². The smallest absolute Gasteiger partial charge is 0.123 e. The van der Waals surface area contributed by atoms with Gasteiger partial charge in [-0.25, -0.2) is 4.39 Å². The summed E-state index contributed by atoms with van der Waals surface area (Å²) in [5.41, 5.74) is 2.32. The van der Waals surface area contributed by atoms with E-state index in [1.807, 2.05) is 6.07 Å². The lowest BCUT2D eigenvalue weighted by molar-refractivity contribution is 0.625. The predicted molar refractivity (Wildman–Crippen MR) is 70.8 cm³/mol. The van der Waals surface area contributed by atoms with Crippen LogP contribution in [-0.4, -0.2) is 0 Å². The fourth-order valence-electron chi connectivity index (χ4n) is 1.67. The van der Waals surface area contributed by atoms with Crippen LogP contribution in [0.4, 0.5) is 4.39 Å². The van der Waals surface area contributed by atoms with Gasteiger partial charge in [0.15, 0.2) is 0 Å². The summed E-state index contributed by atoms with van der Waals surface area (Å²) in [6.45, 7) is 2.10. The number of benzene rings is 1. The van der Waals surface area contributed by atoms with Gasteiger partial charge in [0.05, 0.1) is 4.83 Å². The van der Waals surface area contributed by atoms with Crippen molar-refractivity contribution in [3.05, 3.63) is 57.5 Å². The molecule has 1 unspecified atom stereocenters. The topological polar surface area (TPSA) is 0 Å². The average molecular weight is 299 g/mol. The third-order valence-electron chi connectivity index (χ3n) is 2.49. The molecule has 0 fully saturated rings. The summed E-state index contributed by atoms with van der Waals surface area (Å²) >= 11 is 5.41. The minimum atomic E-state index is -0.167. The van der Waals surface area contributed by atoms with Gasteiger partial charge >= 0.3 is 0 Å². The summed E-state index contributed by atoms with van der Waals surface area (Å²) in [6.07, 6.45) is 0.819. The molecule has 0 radical (unpaired) electrons. The molecular formula is C13H12BrFS. The number of aryl methyl sites for hydroxylation is 1. The van der Waals surface area contributed by atoms with Gasteiger partial charge in [-0.3, -0.25) is 0 Å². The van der Waals surface area contributed by atoms with Crippen LogP contribution in [0.1, 0.15) is 20.8 Å². The van der Waals surface area contributed by atoms with Crippen molar-refractivity contribution in [3.63, 3.8) is 0 Å². The zero-order valence-electron chi connectivity index (χ0n) is 8.91. The third kappa shape index (κ3) is 2.71. The summed E-state index contributed by atoms with van der Waals surface area (Å²) < 4.78 is 13.0. The Morgan fingerprint density at radius 2 is 2.19 bits per heavy atom. The zero-order chi connectivity index (χ0) is 11.5. The summed E-state index contributed by atoms with van der Waals surface area (Å²) in [7, 11) is 0. The largest absolute Gasteiger partial charge is 0.207 e. The fraction of sp³-hybridized carbons (Fsp3) is 0.231. The molecule has 1 atom stereocenters. The van der Waals surface area contributed by atoms with Gasteiger partial charge in [-0.05, 0) is 48.1 Å². The molecule has 0 N–H and O–H groups in total. The number of rotatable bonds is 3. The van der Waals surface area contributed by atoms with E-state index in [4.69, 9.17) is 0 Å². The minimum absolute atomic E-state index is 0.167. The van der Waals surface area contributed by atoms with Crippen molar-refractivity contribution in [3.8, 4) is 0 Å². The minimum Gasteiger partial charge on any atom is -0.207 e. The molecule has 0 nitrogen and oxygen atoms in total. The average Bonchev–Trinajstić information content (AvgIpc) is 2.64. The standard InChI is InChI=1S/C13H12BrFS/c1-9-5-6-16-13(9)12(14)8-10-3-2-4-11(15)7-10/h2-7,12H,8H2,1H3. The van der Waals surface area contributed by atoms with Gasteiger partial charge in [0.25, 0.3) is 0 Å². The van der Waals surface area contributed by atoms with Gasteiger partial charge in [0.2, 0.25) is 0 Å². The zero-order valence-corrected chi connectivity index (χ0v) is 11.3. The van der Waals surface area contributed by atoms with Crippen molar-refractivity contribution in [2.45, 2.75) is 18.2 Å². The van der Waals surface area contributed by atoms with E-state index >= 15 is 0 Å². The van der Waals surface area contributed by atoms with Crippen molar-refractivity contribution in [1.29, 1.82) is 0 Å². The maximum Gasteiger partial charge on any atom is 0.123 e.